The largest absolute Gasteiger partial charge is 0.282 e. The third-order valence-electron chi connectivity index (χ3n) is 0.769. The van der Waals surface area contributed by atoms with E-state index in [0.29, 0.717) is 5.04 Å². The van der Waals surface area contributed by atoms with Crippen LogP contribution < -0.4 is 5.53 Å². The molecular weight excluding hydrogens is 122 g/mol. The number of hydrazine groups is 1. The van der Waals surface area contributed by atoms with E-state index in [1.165, 1.54) is 0 Å². The maximum absolute atomic E-state index is 3.98. The van der Waals surface area contributed by atoms with Crippen LogP contribution in [0.3, 0.4) is 0 Å². The highest BCUT2D eigenvalue weighted by Crippen LogP contribution is 1.92. The molecule has 0 amide bonds. The molecule has 3 nitrogen and oxygen atoms in total. The average Bonchev–Trinajstić information content (AvgIpc) is 1.77. The summed E-state index contributed by atoms with van der Waals surface area (Å²) in [5.74, 6) is 0. The molecule has 0 aliphatic carbocycles. The zero-order valence-corrected chi connectivity index (χ0v) is 5.39. The molecule has 8 heavy (non-hydrogen) atoms. The van der Waals surface area contributed by atoms with E-state index in [1.54, 1.807) is 11.1 Å². The first-order valence-electron chi connectivity index (χ1n) is 2.22. The Bertz CT molecular complexity index is 140. The topological polar surface area (TPSA) is 27.6 Å². The van der Waals surface area contributed by atoms with Crippen LogP contribution in [-0.2, 0) is 0 Å². The summed E-state index contributed by atoms with van der Waals surface area (Å²) in [4.78, 5) is 0. The van der Waals surface area contributed by atoms with Crippen molar-refractivity contribution >= 4 is 17.7 Å². The van der Waals surface area contributed by atoms with E-state index in [9.17, 15) is 0 Å². The SMILES string of the molecule is CN1C=CC(S)=NN1. The van der Waals surface area contributed by atoms with E-state index in [4.69, 9.17) is 0 Å². The molecule has 0 aromatic heterocycles. The van der Waals surface area contributed by atoms with Gasteiger partial charge in [0.05, 0.1) is 0 Å². The first kappa shape index (κ1) is 5.50. The first-order valence-corrected chi connectivity index (χ1v) is 2.67. The molecule has 1 rings (SSSR count). The minimum absolute atomic E-state index is 0.697. The Kier molecular flexibility index (Phi) is 1.43. The quantitative estimate of drug-likeness (QED) is 0.457. The van der Waals surface area contributed by atoms with Crippen molar-refractivity contribution in [3.05, 3.63) is 12.3 Å². The smallest absolute Gasteiger partial charge is 0.116 e. The predicted octanol–water partition coefficient (Wildman–Crippen LogP) is 0.193. The lowest BCUT2D eigenvalue weighted by molar-refractivity contribution is 0.335. The van der Waals surface area contributed by atoms with Crippen LogP contribution in [0.25, 0.3) is 0 Å². The monoisotopic (exact) mass is 129 g/mol. The molecular formula is C4H7N3S. The fourth-order valence-electron chi connectivity index (χ4n) is 0.379. The summed E-state index contributed by atoms with van der Waals surface area (Å²) in [7, 11) is 1.86. The Labute approximate surface area is 53.4 Å². The molecule has 0 bridgehead atoms. The third kappa shape index (κ3) is 1.16. The van der Waals surface area contributed by atoms with Crippen LogP contribution in [0.5, 0.6) is 0 Å². The molecule has 1 aliphatic rings. The van der Waals surface area contributed by atoms with Gasteiger partial charge >= 0.3 is 0 Å². The Morgan fingerprint density at radius 3 is 3.00 bits per heavy atom. The summed E-state index contributed by atoms with van der Waals surface area (Å²) >= 11 is 3.98. The van der Waals surface area contributed by atoms with Crippen LogP contribution in [0.1, 0.15) is 0 Å². The van der Waals surface area contributed by atoms with E-state index >= 15 is 0 Å². The Morgan fingerprint density at radius 2 is 2.62 bits per heavy atom. The second-order valence-corrected chi connectivity index (χ2v) is 1.95. The molecule has 4 heteroatoms. The highest BCUT2D eigenvalue weighted by Gasteiger charge is 1.92. The van der Waals surface area contributed by atoms with E-state index < -0.39 is 0 Å². The molecule has 0 fully saturated rings. The standard InChI is InChI=1S/C4H7N3S/c1-7-3-2-4(8)5-6-7/h2-3,6H,1H3,(H,5,8). The lowest BCUT2D eigenvalue weighted by Crippen LogP contribution is -2.27. The van der Waals surface area contributed by atoms with Gasteiger partial charge in [-0.25, -0.2) is 5.53 Å². The number of nitrogens with zero attached hydrogens (tertiary/aromatic N) is 2. The number of hydrogen-bond donors (Lipinski definition) is 2. The summed E-state index contributed by atoms with van der Waals surface area (Å²) in [6.07, 6.45) is 3.65. The maximum atomic E-state index is 3.98. The lowest BCUT2D eigenvalue weighted by Gasteiger charge is -2.15. The molecule has 0 atom stereocenters. The van der Waals surface area contributed by atoms with Crippen molar-refractivity contribution < 1.29 is 0 Å². The van der Waals surface area contributed by atoms with Crippen LogP contribution in [0.15, 0.2) is 17.4 Å². The van der Waals surface area contributed by atoms with Gasteiger partial charge in [0.25, 0.3) is 0 Å². The number of nitrogens with one attached hydrogen (secondary N) is 1. The van der Waals surface area contributed by atoms with Gasteiger partial charge < -0.3 is 0 Å². The molecule has 1 aliphatic heterocycles. The van der Waals surface area contributed by atoms with E-state index in [1.807, 2.05) is 13.2 Å². The molecule has 0 aromatic rings. The molecule has 0 unspecified atom stereocenters. The van der Waals surface area contributed by atoms with Gasteiger partial charge in [-0.05, 0) is 6.08 Å². The summed E-state index contributed by atoms with van der Waals surface area (Å²) in [6.45, 7) is 0. The molecule has 0 saturated heterocycles. The summed E-state index contributed by atoms with van der Waals surface area (Å²) in [5, 5.41) is 6.21. The van der Waals surface area contributed by atoms with Crippen molar-refractivity contribution in [1.82, 2.24) is 10.5 Å². The fourth-order valence-corrected chi connectivity index (χ4v) is 0.491. The van der Waals surface area contributed by atoms with Crippen molar-refractivity contribution in [2.75, 3.05) is 7.05 Å². The van der Waals surface area contributed by atoms with Crippen LogP contribution in [0.2, 0.25) is 0 Å². The van der Waals surface area contributed by atoms with Gasteiger partial charge in [0.2, 0.25) is 0 Å². The van der Waals surface area contributed by atoms with Gasteiger partial charge in [-0.2, -0.15) is 5.10 Å². The van der Waals surface area contributed by atoms with Crippen LogP contribution in [0, 0.1) is 0 Å². The Balaban J connectivity index is 2.58. The molecule has 1 N–H and O–H groups in total. The summed E-state index contributed by atoms with van der Waals surface area (Å²) < 4.78 is 0. The predicted molar refractivity (Wildman–Crippen MR) is 36.5 cm³/mol. The minimum Gasteiger partial charge on any atom is -0.282 e. The van der Waals surface area contributed by atoms with Crippen LogP contribution >= 0.6 is 12.6 Å². The van der Waals surface area contributed by atoms with E-state index in [-0.39, 0.29) is 0 Å². The maximum Gasteiger partial charge on any atom is 0.116 e. The molecule has 0 radical (unpaired) electrons. The first-order chi connectivity index (χ1) is 3.79. The van der Waals surface area contributed by atoms with Gasteiger partial charge in [-0.1, -0.05) is 0 Å². The summed E-state index contributed by atoms with van der Waals surface area (Å²) in [6, 6.07) is 0. The van der Waals surface area contributed by atoms with Gasteiger partial charge in [-0.15, -0.1) is 12.6 Å². The highest BCUT2D eigenvalue weighted by atomic mass is 32.1. The number of thiol groups is 1. The van der Waals surface area contributed by atoms with Crippen molar-refractivity contribution in [3.63, 3.8) is 0 Å². The lowest BCUT2D eigenvalue weighted by atomic mass is 10.6. The third-order valence-corrected chi connectivity index (χ3v) is 1.02. The fraction of sp³-hybridized carbons (Fsp3) is 0.250. The second-order valence-electron chi connectivity index (χ2n) is 1.50. The van der Waals surface area contributed by atoms with Crippen molar-refractivity contribution in [1.29, 1.82) is 0 Å². The Hall–Kier alpha value is -0.640. The molecule has 0 aromatic carbocycles. The number of hydrogen-bond acceptors (Lipinski definition) is 3. The van der Waals surface area contributed by atoms with Crippen molar-refractivity contribution in [2.24, 2.45) is 5.10 Å². The molecule has 1 heterocycles. The molecule has 0 saturated carbocycles. The van der Waals surface area contributed by atoms with Crippen LogP contribution in [0.4, 0.5) is 0 Å². The Morgan fingerprint density at radius 1 is 1.88 bits per heavy atom. The van der Waals surface area contributed by atoms with E-state index in [2.05, 4.69) is 23.3 Å². The number of hydrazone groups is 1. The molecule has 0 spiro atoms. The van der Waals surface area contributed by atoms with Crippen LogP contribution in [-0.4, -0.2) is 17.1 Å². The zero-order chi connectivity index (χ0) is 5.98. The minimum atomic E-state index is 0.697. The van der Waals surface area contributed by atoms with E-state index in [0.717, 1.165) is 0 Å². The second kappa shape index (κ2) is 2.09. The van der Waals surface area contributed by atoms with Crippen molar-refractivity contribution in [3.8, 4) is 0 Å². The normalized spacial score (nSPS) is 17.8. The zero-order valence-electron chi connectivity index (χ0n) is 4.50. The highest BCUT2D eigenvalue weighted by molar-refractivity contribution is 7.97. The van der Waals surface area contributed by atoms with Gasteiger partial charge in [0, 0.05) is 13.2 Å². The van der Waals surface area contributed by atoms with Gasteiger partial charge in [-0.3, -0.25) is 5.01 Å². The summed E-state index contributed by atoms with van der Waals surface area (Å²) in [5.41, 5.74) is 2.69. The van der Waals surface area contributed by atoms with Gasteiger partial charge in [0.15, 0.2) is 0 Å². The van der Waals surface area contributed by atoms with Crippen molar-refractivity contribution in [2.45, 2.75) is 0 Å². The number of rotatable bonds is 0. The average molecular weight is 129 g/mol. The molecule has 44 valence electrons. The van der Waals surface area contributed by atoms with Gasteiger partial charge in [0.1, 0.15) is 5.04 Å².